The fourth-order valence-corrected chi connectivity index (χ4v) is 3.26. The quantitative estimate of drug-likeness (QED) is 0.420. The third-order valence-electron chi connectivity index (χ3n) is 4.95. The van der Waals surface area contributed by atoms with Crippen LogP contribution in [0.15, 0.2) is 42.5 Å². The third kappa shape index (κ3) is 7.53. The molecule has 0 aromatic heterocycles. The third-order valence-corrected chi connectivity index (χ3v) is 4.95. The second-order valence-corrected chi connectivity index (χ2v) is 7.39. The van der Waals surface area contributed by atoms with E-state index in [4.69, 9.17) is 9.84 Å². The van der Waals surface area contributed by atoms with Crippen LogP contribution in [0.4, 0.5) is 0 Å². The summed E-state index contributed by atoms with van der Waals surface area (Å²) in [6.45, 7) is 2.01. The zero-order valence-corrected chi connectivity index (χ0v) is 16.9. The molecule has 2 rings (SSSR count). The van der Waals surface area contributed by atoms with Crippen molar-refractivity contribution in [2.45, 2.75) is 64.4 Å². The van der Waals surface area contributed by atoms with Gasteiger partial charge in [-0.15, -0.1) is 0 Å². The van der Waals surface area contributed by atoms with E-state index in [2.05, 4.69) is 13.0 Å². The lowest BCUT2D eigenvalue weighted by Gasteiger charge is -2.15. The van der Waals surface area contributed by atoms with Crippen LogP contribution in [0.3, 0.4) is 0 Å². The highest BCUT2D eigenvalue weighted by Crippen LogP contribution is 2.29. The number of phenols is 1. The van der Waals surface area contributed by atoms with Gasteiger partial charge >= 0.3 is 0 Å². The molecule has 0 saturated heterocycles. The summed E-state index contributed by atoms with van der Waals surface area (Å²) in [6.07, 6.45) is 8.82. The van der Waals surface area contributed by atoms with E-state index in [0.29, 0.717) is 0 Å². The smallest absolute Gasteiger partial charge is 0.122 e. The van der Waals surface area contributed by atoms with Crippen molar-refractivity contribution in [3.8, 4) is 22.6 Å². The maximum atomic E-state index is 9.59. The van der Waals surface area contributed by atoms with E-state index in [9.17, 15) is 10.2 Å². The van der Waals surface area contributed by atoms with E-state index in [-0.39, 0.29) is 19.0 Å². The number of aliphatic hydroxyl groups is 2. The Morgan fingerprint density at radius 3 is 2.18 bits per heavy atom. The lowest BCUT2D eigenvalue weighted by molar-refractivity contribution is 0.0533. The Morgan fingerprint density at radius 2 is 1.50 bits per heavy atom. The normalized spacial score (nSPS) is 12.1. The topological polar surface area (TPSA) is 69.9 Å². The molecule has 2 aromatic carbocycles. The second kappa shape index (κ2) is 12.4. The molecular formula is C24H34O4. The van der Waals surface area contributed by atoms with Gasteiger partial charge in [0.05, 0.1) is 6.61 Å². The Bertz CT molecular complexity index is 682. The first kappa shape index (κ1) is 22.3. The SMILES string of the molecule is CCCCCCCCCc1cc(-c2ccc(O)cc2)ccc1OCC(O)CO. The van der Waals surface area contributed by atoms with Crippen LogP contribution in [-0.2, 0) is 6.42 Å². The fourth-order valence-electron chi connectivity index (χ4n) is 3.26. The molecule has 0 aliphatic heterocycles. The van der Waals surface area contributed by atoms with Gasteiger partial charge in [-0.05, 0) is 53.8 Å². The highest BCUT2D eigenvalue weighted by Gasteiger charge is 2.10. The average molecular weight is 387 g/mol. The number of aliphatic hydroxyl groups excluding tert-OH is 2. The lowest BCUT2D eigenvalue weighted by atomic mass is 9.98. The number of phenolic OH excluding ortho intramolecular Hbond substituents is 1. The summed E-state index contributed by atoms with van der Waals surface area (Å²) in [5, 5.41) is 28.1. The number of aromatic hydroxyl groups is 1. The molecule has 0 aliphatic rings. The van der Waals surface area contributed by atoms with Crippen LogP contribution in [0.1, 0.15) is 57.4 Å². The van der Waals surface area contributed by atoms with E-state index < -0.39 is 6.10 Å². The molecule has 0 bridgehead atoms. The summed E-state index contributed by atoms with van der Waals surface area (Å²) < 4.78 is 5.76. The highest BCUT2D eigenvalue weighted by atomic mass is 16.5. The van der Waals surface area contributed by atoms with Crippen LogP contribution in [0.25, 0.3) is 11.1 Å². The predicted molar refractivity (Wildman–Crippen MR) is 114 cm³/mol. The number of hydrogen-bond donors (Lipinski definition) is 3. The van der Waals surface area contributed by atoms with Crippen molar-refractivity contribution in [2.75, 3.05) is 13.2 Å². The summed E-state index contributed by atoms with van der Waals surface area (Å²) in [7, 11) is 0. The van der Waals surface area contributed by atoms with Gasteiger partial charge in [0.2, 0.25) is 0 Å². The minimum absolute atomic E-state index is 0.0824. The molecule has 2 aromatic rings. The van der Waals surface area contributed by atoms with E-state index in [1.54, 1.807) is 12.1 Å². The summed E-state index contributed by atoms with van der Waals surface area (Å²) >= 11 is 0. The maximum Gasteiger partial charge on any atom is 0.122 e. The minimum atomic E-state index is -0.872. The van der Waals surface area contributed by atoms with Gasteiger partial charge in [-0.25, -0.2) is 0 Å². The minimum Gasteiger partial charge on any atom is -0.508 e. The Hall–Kier alpha value is -2.04. The van der Waals surface area contributed by atoms with Crippen molar-refractivity contribution in [3.63, 3.8) is 0 Å². The van der Waals surface area contributed by atoms with Crippen LogP contribution in [0, 0.1) is 0 Å². The van der Waals surface area contributed by atoms with E-state index in [0.717, 1.165) is 35.3 Å². The molecule has 0 aliphatic carbocycles. The molecule has 4 heteroatoms. The van der Waals surface area contributed by atoms with Crippen molar-refractivity contribution in [3.05, 3.63) is 48.0 Å². The summed E-state index contributed by atoms with van der Waals surface area (Å²) in [4.78, 5) is 0. The Morgan fingerprint density at radius 1 is 0.857 bits per heavy atom. The molecule has 154 valence electrons. The van der Waals surface area contributed by atoms with Crippen LogP contribution >= 0.6 is 0 Å². The Balaban J connectivity index is 2.03. The highest BCUT2D eigenvalue weighted by molar-refractivity contribution is 5.66. The first-order valence-corrected chi connectivity index (χ1v) is 10.5. The molecule has 3 N–H and O–H groups in total. The first-order chi connectivity index (χ1) is 13.6. The standard InChI is InChI=1S/C24H34O4/c1-2-3-4-5-6-7-8-9-21-16-20(19-10-13-22(26)14-11-19)12-15-24(21)28-18-23(27)17-25/h10-16,23,25-27H,2-9,17-18H2,1H3. The molecule has 1 atom stereocenters. The zero-order chi connectivity index (χ0) is 20.2. The van der Waals surface area contributed by atoms with Crippen LogP contribution in [0.2, 0.25) is 0 Å². The molecule has 0 heterocycles. The van der Waals surface area contributed by atoms with E-state index >= 15 is 0 Å². The molecule has 0 radical (unpaired) electrons. The van der Waals surface area contributed by atoms with Gasteiger partial charge in [0.1, 0.15) is 24.2 Å². The molecule has 0 fully saturated rings. The molecule has 0 amide bonds. The molecule has 1 unspecified atom stereocenters. The van der Waals surface area contributed by atoms with Crippen molar-refractivity contribution in [1.29, 1.82) is 0 Å². The van der Waals surface area contributed by atoms with Gasteiger partial charge in [-0.1, -0.05) is 63.6 Å². The summed E-state index contributed by atoms with van der Waals surface area (Å²) in [5.74, 6) is 1.02. The molecule has 0 saturated carbocycles. The number of ether oxygens (including phenoxy) is 1. The van der Waals surface area contributed by atoms with Crippen molar-refractivity contribution < 1.29 is 20.1 Å². The van der Waals surface area contributed by atoms with Crippen molar-refractivity contribution >= 4 is 0 Å². The largest absolute Gasteiger partial charge is 0.508 e. The van der Waals surface area contributed by atoms with Crippen molar-refractivity contribution in [2.24, 2.45) is 0 Å². The van der Waals surface area contributed by atoms with Gasteiger partial charge in [-0.2, -0.15) is 0 Å². The predicted octanol–water partition coefficient (Wildman–Crippen LogP) is 5.08. The number of benzene rings is 2. The summed E-state index contributed by atoms with van der Waals surface area (Å²) in [6, 6.07) is 13.2. The van der Waals surface area contributed by atoms with Gasteiger partial charge in [0, 0.05) is 0 Å². The van der Waals surface area contributed by atoms with Gasteiger partial charge in [-0.3, -0.25) is 0 Å². The van der Waals surface area contributed by atoms with Crippen LogP contribution in [-0.4, -0.2) is 34.6 Å². The van der Waals surface area contributed by atoms with Gasteiger partial charge in [0.15, 0.2) is 0 Å². The monoisotopic (exact) mass is 386 g/mol. The van der Waals surface area contributed by atoms with Gasteiger partial charge in [0.25, 0.3) is 0 Å². The second-order valence-electron chi connectivity index (χ2n) is 7.39. The number of unbranched alkanes of at least 4 members (excludes halogenated alkanes) is 6. The fraction of sp³-hybridized carbons (Fsp3) is 0.500. The van der Waals surface area contributed by atoms with Gasteiger partial charge < -0.3 is 20.1 Å². The number of aryl methyl sites for hydroxylation is 1. The zero-order valence-electron chi connectivity index (χ0n) is 16.9. The number of rotatable bonds is 13. The number of hydrogen-bond acceptors (Lipinski definition) is 4. The first-order valence-electron chi connectivity index (χ1n) is 10.5. The van der Waals surface area contributed by atoms with Crippen LogP contribution < -0.4 is 4.74 Å². The van der Waals surface area contributed by atoms with E-state index in [1.807, 2.05) is 24.3 Å². The molecule has 28 heavy (non-hydrogen) atoms. The average Bonchev–Trinajstić information content (AvgIpc) is 2.72. The van der Waals surface area contributed by atoms with E-state index in [1.165, 1.54) is 38.5 Å². The molecule has 4 nitrogen and oxygen atoms in total. The maximum absolute atomic E-state index is 9.59. The van der Waals surface area contributed by atoms with Crippen molar-refractivity contribution in [1.82, 2.24) is 0 Å². The molecular weight excluding hydrogens is 352 g/mol. The Kier molecular flexibility index (Phi) is 9.87. The lowest BCUT2D eigenvalue weighted by Crippen LogP contribution is -2.21. The van der Waals surface area contributed by atoms with Crippen LogP contribution in [0.5, 0.6) is 11.5 Å². The summed E-state index contributed by atoms with van der Waals surface area (Å²) in [5.41, 5.74) is 3.23. The molecule has 0 spiro atoms. The Labute approximate surface area is 168 Å².